The molecule has 4 rings (SSSR count). The highest BCUT2D eigenvalue weighted by Gasteiger charge is 2.15. The van der Waals surface area contributed by atoms with Crippen molar-refractivity contribution in [2.45, 2.75) is 13.5 Å². The number of anilines is 3. The highest BCUT2D eigenvalue weighted by atomic mass is 79.9. The molecule has 0 spiro atoms. The van der Waals surface area contributed by atoms with Gasteiger partial charge in [0.25, 0.3) is 0 Å². The molecule has 0 unspecified atom stereocenters. The van der Waals surface area contributed by atoms with Crippen LogP contribution in [0.1, 0.15) is 11.1 Å². The number of hydrogen-bond donors (Lipinski definition) is 1. The zero-order valence-electron chi connectivity index (χ0n) is 17.9. The minimum absolute atomic E-state index is 0.135. The second-order valence-corrected chi connectivity index (χ2v) is 8.39. The van der Waals surface area contributed by atoms with E-state index in [-0.39, 0.29) is 11.6 Å². The van der Waals surface area contributed by atoms with Crippen LogP contribution >= 0.6 is 15.9 Å². The Kier molecular flexibility index (Phi) is 6.76. The molecule has 1 N–H and O–H groups in total. The number of aryl methyl sites for hydroxylation is 1. The number of rotatable bonds is 6. The van der Waals surface area contributed by atoms with E-state index in [0.29, 0.717) is 30.2 Å². The molecule has 1 aliphatic rings. The van der Waals surface area contributed by atoms with Crippen molar-refractivity contribution >= 4 is 33.3 Å². The lowest BCUT2D eigenvalue weighted by Gasteiger charge is -2.29. The Bertz CT molecular complexity index is 1180. The predicted octanol–water partition coefficient (Wildman–Crippen LogP) is 4.09. The summed E-state index contributed by atoms with van der Waals surface area (Å²) in [7, 11) is 1.43. The van der Waals surface area contributed by atoms with E-state index >= 15 is 0 Å². The third-order valence-electron chi connectivity index (χ3n) is 5.36. The van der Waals surface area contributed by atoms with Gasteiger partial charge in [0, 0.05) is 24.5 Å². The molecule has 1 aliphatic heterocycles. The molecule has 9 heteroatoms. The van der Waals surface area contributed by atoms with Gasteiger partial charge in [-0.1, -0.05) is 12.1 Å². The van der Waals surface area contributed by atoms with E-state index in [1.807, 2.05) is 13.0 Å². The number of morpholine rings is 1. The monoisotopic (exact) mass is 502 g/mol. The van der Waals surface area contributed by atoms with Crippen molar-refractivity contribution in [3.8, 4) is 5.75 Å². The van der Waals surface area contributed by atoms with Gasteiger partial charge in [0.15, 0.2) is 0 Å². The molecule has 7 nitrogen and oxygen atoms in total. The van der Waals surface area contributed by atoms with Crippen LogP contribution in [-0.4, -0.2) is 43.0 Å². The molecule has 0 bridgehead atoms. The van der Waals surface area contributed by atoms with Crippen LogP contribution in [0.5, 0.6) is 5.75 Å². The fraction of sp³-hybridized carbons (Fsp3) is 0.304. The maximum Gasteiger partial charge on any atom is 0.316 e. The number of methoxy groups -OCH3 is 1. The molecular weight excluding hydrogens is 479 g/mol. The summed E-state index contributed by atoms with van der Waals surface area (Å²) in [4.78, 5) is 18.9. The van der Waals surface area contributed by atoms with Gasteiger partial charge >= 0.3 is 5.56 Å². The summed E-state index contributed by atoms with van der Waals surface area (Å²) < 4.78 is 26.4. The molecule has 3 aromatic rings. The highest BCUT2D eigenvalue weighted by molar-refractivity contribution is 9.10. The van der Waals surface area contributed by atoms with Crippen molar-refractivity contribution in [3.05, 3.63) is 74.4 Å². The van der Waals surface area contributed by atoms with E-state index in [0.717, 1.165) is 35.6 Å². The molecule has 2 aromatic carbocycles. The first-order valence-corrected chi connectivity index (χ1v) is 11.0. The number of ether oxygens (including phenoxy) is 2. The van der Waals surface area contributed by atoms with Crippen LogP contribution in [-0.2, 0) is 11.3 Å². The summed E-state index contributed by atoms with van der Waals surface area (Å²) in [6.07, 6.45) is 1.61. The van der Waals surface area contributed by atoms with Gasteiger partial charge in [-0.3, -0.25) is 4.79 Å². The van der Waals surface area contributed by atoms with E-state index in [1.165, 1.54) is 13.2 Å². The lowest BCUT2D eigenvalue weighted by Crippen LogP contribution is -2.36. The number of hydrogen-bond acceptors (Lipinski definition) is 6. The van der Waals surface area contributed by atoms with Crippen molar-refractivity contribution in [1.29, 1.82) is 0 Å². The maximum atomic E-state index is 13.7. The maximum absolute atomic E-state index is 13.7. The number of aromatic nitrogens is 2. The fourth-order valence-corrected chi connectivity index (χ4v) is 3.98. The molecule has 0 amide bonds. The second-order valence-electron chi connectivity index (χ2n) is 7.54. The van der Waals surface area contributed by atoms with Crippen molar-refractivity contribution < 1.29 is 13.9 Å². The van der Waals surface area contributed by atoms with E-state index in [1.54, 1.807) is 22.9 Å². The first kappa shape index (κ1) is 22.3. The normalized spacial score (nSPS) is 13.8. The average Bonchev–Trinajstić information content (AvgIpc) is 2.80. The number of nitrogens with zero attached hydrogens (tertiary/aromatic N) is 3. The van der Waals surface area contributed by atoms with Crippen molar-refractivity contribution in [2.24, 2.45) is 0 Å². The van der Waals surface area contributed by atoms with E-state index in [9.17, 15) is 9.18 Å². The van der Waals surface area contributed by atoms with Gasteiger partial charge in [0.2, 0.25) is 11.7 Å². The Morgan fingerprint density at radius 1 is 1.22 bits per heavy atom. The molecule has 1 saturated heterocycles. The second kappa shape index (κ2) is 9.70. The smallest absolute Gasteiger partial charge is 0.316 e. The van der Waals surface area contributed by atoms with Crippen LogP contribution < -0.4 is 20.5 Å². The Morgan fingerprint density at radius 3 is 2.72 bits per heavy atom. The molecule has 2 heterocycles. The summed E-state index contributed by atoms with van der Waals surface area (Å²) in [5.41, 5.74) is 3.32. The molecule has 0 radical (unpaired) electrons. The Balaban J connectivity index is 1.69. The zero-order valence-corrected chi connectivity index (χ0v) is 19.5. The van der Waals surface area contributed by atoms with Gasteiger partial charge in [-0.2, -0.15) is 4.98 Å². The number of benzene rings is 2. The van der Waals surface area contributed by atoms with Crippen molar-refractivity contribution in [3.63, 3.8) is 0 Å². The summed E-state index contributed by atoms with van der Waals surface area (Å²) in [5.74, 6) is 0.173. The van der Waals surface area contributed by atoms with Crippen LogP contribution in [0, 0.1) is 12.7 Å². The number of halogens is 2. The standard InChI is InChI=1S/C23H24BrFN4O3/c1-15-3-5-17(28-7-9-32-10-8-28)12-20(15)26-23-27-22(30)21(31-2)14-29(23)13-16-4-6-19(25)18(24)11-16/h3-6,11-12,14H,7-10,13H2,1-2H3,(H,26,27,30). The average molecular weight is 503 g/mol. The first-order valence-electron chi connectivity index (χ1n) is 10.2. The van der Waals surface area contributed by atoms with Crippen LogP contribution in [0.2, 0.25) is 0 Å². The van der Waals surface area contributed by atoms with Gasteiger partial charge in [-0.05, 0) is 58.2 Å². The molecule has 0 aliphatic carbocycles. The lowest BCUT2D eigenvalue weighted by molar-refractivity contribution is 0.122. The molecule has 32 heavy (non-hydrogen) atoms. The van der Waals surface area contributed by atoms with E-state index in [4.69, 9.17) is 9.47 Å². The van der Waals surface area contributed by atoms with Gasteiger partial charge < -0.3 is 24.3 Å². The first-order chi connectivity index (χ1) is 15.4. The quantitative estimate of drug-likeness (QED) is 0.547. The molecule has 0 saturated carbocycles. The minimum Gasteiger partial charge on any atom is -0.490 e. The van der Waals surface area contributed by atoms with Crippen LogP contribution in [0.3, 0.4) is 0 Å². The molecular formula is C23H24BrFN4O3. The third kappa shape index (κ3) is 4.94. The van der Waals surface area contributed by atoms with E-state index in [2.05, 4.69) is 43.3 Å². The summed E-state index contributed by atoms with van der Waals surface area (Å²) in [6.45, 7) is 5.41. The van der Waals surface area contributed by atoms with Crippen molar-refractivity contribution in [2.75, 3.05) is 43.6 Å². The largest absolute Gasteiger partial charge is 0.490 e. The Morgan fingerprint density at radius 2 is 2.00 bits per heavy atom. The number of nitrogens with one attached hydrogen (secondary N) is 1. The topological polar surface area (TPSA) is 68.6 Å². The summed E-state index contributed by atoms with van der Waals surface area (Å²) >= 11 is 3.22. The molecule has 0 atom stereocenters. The van der Waals surface area contributed by atoms with Gasteiger partial charge in [0.05, 0.1) is 37.5 Å². The summed E-state index contributed by atoms with van der Waals surface area (Å²) in [6, 6.07) is 11.0. The lowest BCUT2D eigenvalue weighted by atomic mass is 10.1. The minimum atomic E-state index is -0.464. The van der Waals surface area contributed by atoms with E-state index < -0.39 is 5.56 Å². The van der Waals surface area contributed by atoms with Crippen LogP contribution in [0.4, 0.5) is 21.7 Å². The van der Waals surface area contributed by atoms with Gasteiger partial charge in [-0.15, -0.1) is 0 Å². The highest BCUT2D eigenvalue weighted by Crippen LogP contribution is 2.27. The third-order valence-corrected chi connectivity index (χ3v) is 5.97. The fourth-order valence-electron chi connectivity index (χ4n) is 3.55. The molecule has 1 fully saturated rings. The Labute approximate surface area is 193 Å². The SMILES string of the molecule is COc1cn(Cc2ccc(F)c(Br)c2)c(Nc2cc(N3CCOCC3)ccc2C)nc1=O. The van der Waals surface area contributed by atoms with Crippen molar-refractivity contribution in [1.82, 2.24) is 9.55 Å². The zero-order chi connectivity index (χ0) is 22.7. The Hall–Kier alpha value is -2.91. The predicted molar refractivity (Wildman–Crippen MR) is 126 cm³/mol. The molecule has 168 valence electrons. The van der Waals surface area contributed by atoms with Crippen LogP contribution in [0.15, 0.2) is 51.9 Å². The van der Waals surface area contributed by atoms with Gasteiger partial charge in [-0.25, -0.2) is 4.39 Å². The summed E-state index contributed by atoms with van der Waals surface area (Å²) in [5, 5.41) is 3.31. The van der Waals surface area contributed by atoms with Gasteiger partial charge in [0.1, 0.15) is 5.82 Å². The molecule has 1 aromatic heterocycles. The van der Waals surface area contributed by atoms with Crippen LogP contribution in [0.25, 0.3) is 0 Å².